The third-order valence-electron chi connectivity index (χ3n) is 1.97. The fraction of sp³-hybridized carbons (Fsp3) is 0.400. The molecule has 0 amide bonds. The van der Waals surface area contributed by atoms with Gasteiger partial charge < -0.3 is 10.5 Å². The average Bonchev–Trinajstić information content (AvgIpc) is 2.26. The molecule has 8 heteroatoms. The second-order valence-electron chi connectivity index (χ2n) is 3.25. The van der Waals surface area contributed by atoms with Gasteiger partial charge in [0.05, 0.1) is 35.2 Å². The van der Waals surface area contributed by atoms with Crippen LogP contribution in [0.4, 0.5) is 18.9 Å². The van der Waals surface area contributed by atoms with Crippen molar-refractivity contribution in [3.63, 3.8) is 0 Å². The molecule has 18 heavy (non-hydrogen) atoms. The molecule has 0 saturated heterocycles. The van der Waals surface area contributed by atoms with E-state index < -0.39 is 23.8 Å². The third kappa shape index (κ3) is 4.53. The summed E-state index contributed by atoms with van der Waals surface area (Å²) in [5, 5.41) is 0. The Morgan fingerprint density at radius 1 is 1.39 bits per heavy atom. The zero-order valence-corrected chi connectivity index (χ0v) is 10.3. The van der Waals surface area contributed by atoms with Gasteiger partial charge in [0.1, 0.15) is 5.75 Å². The number of hydrogen-bond donors (Lipinski definition) is 1. The van der Waals surface area contributed by atoms with Gasteiger partial charge in [0, 0.05) is 11.8 Å². The highest BCUT2D eigenvalue weighted by Gasteiger charge is 2.29. The molecule has 0 fully saturated rings. The van der Waals surface area contributed by atoms with Gasteiger partial charge in [-0.25, -0.2) is 0 Å². The van der Waals surface area contributed by atoms with Crippen molar-refractivity contribution in [2.45, 2.75) is 11.3 Å². The van der Waals surface area contributed by atoms with Crippen molar-refractivity contribution in [3.05, 3.63) is 18.2 Å². The minimum absolute atomic E-state index is 0.278. The summed E-state index contributed by atoms with van der Waals surface area (Å²) in [5.41, 5.74) is 5.92. The molecule has 0 spiro atoms. The van der Waals surface area contributed by atoms with Crippen molar-refractivity contribution >= 4 is 16.5 Å². The van der Waals surface area contributed by atoms with Gasteiger partial charge in [0.2, 0.25) is 0 Å². The molecule has 0 aliphatic rings. The predicted molar refractivity (Wildman–Crippen MR) is 60.7 cm³/mol. The van der Waals surface area contributed by atoms with Gasteiger partial charge in [-0.05, 0) is 12.1 Å². The van der Waals surface area contributed by atoms with E-state index in [0.29, 0.717) is 5.69 Å². The van der Waals surface area contributed by atoms with E-state index in [0.717, 1.165) is 0 Å². The molecule has 1 aromatic rings. The summed E-state index contributed by atoms with van der Waals surface area (Å²) in [6.07, 6.45) is -4.71. The standard InChI is InChI=1S/C10H12F3NO3S/c1-16-8-6-7(14)2-3-9(8)18(15)5-4-17-10(11,12)13/h2-3,6H,4-5,14H2,1H3. The number of benzene rings is 1. The lowest BCUT2D eigenvalue weighted by Crippen LogP contribution is -2.18. The molecule has 0 aromatic heterocycles. The van der Waals surface area contributed by atoms with E-state index in [9.17, 15) is 17.4 Å². The molecule has 0 heterocycles. The van der Waals surface area contributed by atoms with Crippen LogP contribution >= 0.6 is 0 Å². The average molecular weight is 283 g/mol. The van der Waals surface area contributed by atoms with Crippen molar-refractivity contribution < 1.29 is 26.9 Å². The van der Waals surface area contributed by atoms with E-state index in [1.807, 2.05) is 0 Å². The van der Waals surface area contributed by atoms with Crippen LogP contribution in [0, 0.1) is 0 Å². The van der Waals surface area contributed by atoms with E-state index in [1.54, 1.807) is 0 Å². The van der Waals surface area contributed by atoms with E-state index in [1.165, 1.54) is 25.3 Å². The Labute approximate surface area is 104 Å². The molecule has 0 aliphatic heterocycles. The van der Waals surface area contributed by atoms with Crippen LogP contribution in [0.5, 0.6) is 5.75 Å². The summed E-state index contributed by atoms with van der Waals surface area (Å²) >= 11 is 0. The largest absolute Gasteiger partial charge is 0.522 e. The van der Waals surface area contributed by atoms with Crippen molar-refractivity contribution in [1.29, 1.82) is 0 Å². The zero-order valence-electron chi connectivity index (χ0n) is 9.49. The maximum Gasteiger partial charge on any atom is 0.522 e. The molecule has 102 valence electrons. The van der Waals surface area contributed by atoms with Gasteiger partial charge in [0.15, 0.2) is 0 Å². The fourth-order valence-corrected chi connectivity index (χ4v) is 2.26. The van der Waals surface area contributed by atoms with Crippen LogP contribution in [0.3, 0.4) is 0 Å². The van der Waals surface area contributed by atoms with Gasteiger partial charge in [0.25, 0.3) is 0 Å². The molecule has 1 atom stereocenters. The summed E-state index contributed by atoms with van der Waals surface area (Å²) in [6, 6.07) is 4.41. The molecule has 1 unspecified atom stereocenters. The Morgan fingerprint density at radius 2 is 2.06 bits per heavy atom. The molecule has 0 radical (unpaired) electrons. The van der Waals surface area contributed by atoms with E-state index in [-0.39, 0.29) is 16.4 Å². The van der Waals surface area contributed by atoms with Gasteiger partial charge in [-0.2, -0.15) is 0 Å². The van der Waals surface area contributed by atoms with Crippen LogP contribution in [0.25, 0.3) is 0 Å². The summed E-state index contributed by atoms with van der Waals surface area (Å²) in [4.78, 5) is 0.289. The lowest BCUT2D eigenvalue weighted by molar-refractivity contribution is -0.322. The number of nitrogens with two attached hydrogens (primary N) is 1. The number of anilines is 1. The number of rotatable bonds is 5. The van der Waals surface area contributed by atoms with Crippen LogP contribution < -0.4 is 10.5 Å². The second-order valence-corrected chi connectivity index (χ2v) is 4.79. The van der Waals surface area contributed by atoms with Crippen molar-refractivity contribution in [1.82, 2.24) is 0 Å². The molecule has 0 aliphatic carbocycles. The molecule has 0 bridgehead atoms. The van der Waals surface area contributed by atoms with Crippen LogP contribution in [0.15, 0.2) is 23.1 Å². The quantitative estimate of drug-likeness (QED) is 0.839. The van der Waals surface area contributed by atoms with E-state index in [4.69, 9.17) is 10.5 Å². The van der Waals surface area contributed by atoms with Crippen molar-refractivity contribution in [2.75, 3.05) is 25.2 Å². The smallest absolute Gasteiger partial charge is 0.495 e. The maximum absolute atomic E-state index is 11.8. The first-order valence-electron chi connectivity index (χ1n) is 4.86. The van der Waals surface area contributed by atoms with Crippen molar-refractivity contribution in [2.24, 2.45) is 0 Å². The maximum atomic E-state index is 11.8. The first kappa shape index (κ1) is 14.8. The summed E-state index contributed by atoms with van der Waals surface area (Å²) in [5.74, 6) is 0.000106. The number of alkyl halides is 3. The van der Waals surface area contributed by atoms with E-state index in [2.05, 4.69) is 4.74 Å². The Bertz CT molecular complexity index is 437. The normalized spacial score (nSPS) is 13.3. The second kappa shape index (κ2) is 6.05. The predicted octanol–water partition coefficient (Wildman–Crippen LogP) is 1.92. The van der Waals surface area contributed by atoms with Gasteiger partial charge in [-0.15, -0.1) is 13.2 Å². The molecule has 1 aromatic carbocycles. The highest BCUT2D eigenvalue weighted by atomic mass is 32.2. The summed E-state index contributed by atoms with van der Waals surface area (Å²) < 4.78 is 55.5. The van der Waals surface area contributed by atoms with Crippen LogP contribution in [0.2, 0.25) is 0 Å². The summed E-state index contributed by atoms with van der Waals surface area (Å²) in [6.45, 7) is -0.677. The van der Waals surface area contributed by atoms with Crippen LogP contribution in [-0.2, 0) is 15.5 Å². The SMILES string of the molecule is COc1cc(N)ccc1S(=O)CCOC(F)(F)F. The minimum atomic E-state index is -4.71. The van der Waals surface area contributed by atoms with Gasteiger partial charge >= 0.3 is 6.36 Å². The highest BCUT2D eigenvalue weighted by molar-refractivity contribution is 7.85. The topological polar surface area (TPSA) is 61.5 Å². The molecular formula is C10H12F3NO3S. The summed E-state index contributed by atoms with van der Waals surface area (Å²) in [7, 11) is -0.281. The molecule has 2 N–H and O–H groups in total. The zero-order chi connectivity index (χ0) is 13.8. The fourth-order valence-electron chi connectivity index (χ4n) is 1.22. The lowest BCUT2D eigenvalue weighted by atomic mass is 10.3. The first-order valence-corrected chi connectivity index (χ1v) is 6.18. The molecule has 1 rings (SSSR count). The van der Waals surface area contributed by atoms with Crippen LogP contribution in [0.1, 0.15) is 0 Å². The Hall–Kier alpha value is -1.28. The highest BCUT2D eigenvalue weighted by Crippen LogP contribution is 2.25. The molecular weight excluding hydrogens is 271 g/mol. The Balaban J connectivity index is 2.67. The number of halogens is 3. The van der Waals surface area contributed by atoms with Crippen molar-refractivity contribution in [3.8, 4) is 5.75 Å². The molecule has 4 nitrogen and oxygen atoms in total. The Morgan fingerprint density at radius 3 is 2.61 bits per heavy atom. The minimum Gasteiger partial charge on any atom is -0.495 e. The van der Waals surface area contributed by atoms with Crippen LogP contribution in [-0.4, -0.2) is 30.0 Å². The molecule has 0 saturated carbocycles. The third-order valence-corrected chi connectivity index (χ3v) is 3.33. The van der Waals surface area contributed by atoms with E-state index >= 15 is 0 Å². The number of ether oxygens (including phenoxy) is 2. The lowest BCUT2D eigenvalue weighted by Gasteiger charge is -2.10. The van der Waals surface area contributed by atoms with Gasteiger partial charge in [-0.1, -0.05) is 0 Å². The number of methoxy groups -OCH3 is 1. The number of nitrogen functional groups attached to an aromatic ring is 1. The first-order chi connectivity index (χ1) is 8.33. The van der Waals surface area contributed by atoms with Gasteiger partial charge in [-0.3, -0.25) is 8.95 Å². The number of hydrogen-bond acceptors (Lipinski definition) is 4. The monoisotopic (exact) mass is 283 g/mol. The Kier molecular flexibility index (Phi) is 4.97.